The van der Waals surface area contributed by atoms with Gasteiger partial charge in [0.1, 0.15) is 6.04 Å². The molecule has 0 bridgehead atoms. The molecule has 6 heteroatoms. The van der Waals surface area contributed by atoms with Crippen LogP contribution >= 0.6 is 0 Å². The molecule has 1 rings (SSSR count). The second kappa shape index (κ2) is 4.86. The van der Waals surface area contributed by atoms with Crippen molar-refractivity contribution in [3.05, 3.63) is 0 Å². The van der Waals surface area contributed by atoms with Crippen LogP contribution in [0.5, 0.6) is 0 Å². The summed E-state index contributed by atoms with van der Waals surface area (Å²) in [6.07, 6.45) is 4.34. The Labute approximate surface area is 93.2 Å². The molecule has 3 N–H and O–H groups in total. The number of carboxylic acid groups (broad SMARTS) is 1. The summed E-state index contributed by atoms with van der Waals surface area (Å²) < 4.78 is 0. The zero-order chi connectivity index (χ0) is 12.3. The van der Waals surface area contributed by atoms with Crippen LogP contribution in [0.4, 0.5) is 4.79 Å². The average molecular weight is 226 g/mol. The zero-order valence-electron chi connectivity index (χ0n) is 8.88. The summed E-state index contributed by atoms with van der Waals surface area (Å²) in [5, 5.41) is 20.7. The van der Waals surface area contributed by atoms with Gasteiger partial charge < -0.3 is 20.4 Å². The van der Waals surface area contributed by atoms with Gasteiger partial charge >= 0.3 is 12.0 Å². The van der Waals surface area contributed by atoms with Gasteiger partial charge in [-0.2, -0.15) is 0 Å². The van der Waals surface area contributed by atoms with Crippen molar-refractivity contribution in [2.75, 3.05) is 6.54 Å². The van der Waals surface area contributed by atoms with Crippen LogP contribution in [0.1, 0.15) is 13.3 Å². The highest BCUT2D eigenvalue weighted by Gasteiger charge is 2.39. The first-order valence-corrected chi connectivity index (χ1v) is 4.89. The number of hydrogen-bond donors (Lipinski definition) is 3. The average Bonchev–Trinajstić information content (AvgIpc) is 2.60. The maximum Gasteiger partial charge on any atom is 0.326 e. The third kappa shape index (κ3) is 2.64. The van der Waals surface area contributed by atoms with Crippen molar-refractivity contribution in [3.63, 3.8) is 0 Å². The number of urea groups is 1. The third-order valence-corrected chi connectivity index (χ3v) is 2.41. The minimum absolute atomic E-state index is 0.0140. The first kappa shape index (κ1) is 12.3. The van der Waals surface area contributed by atoms with E-state index in [1.165, 1.54) is 0 Å². The van der Waals surface area contributed by atoms with Gasteiger partial charge in [-0.15, -0.1) is 6.42 Å². The Bertz CT molecular complexity index is 336. The minimum Gasteiger partial charge on any atom is -0.480 e. The largest absolute Gasteiger partial charge is 0.480 e. The molecule has 1 heterocycles. The molecule has 0 aromatic carbocycles. The van der Waals surface area contributed by atoms with Crippen LogP contribution in [0.15, 0.2) is 0 Å². The topological polar surface area (TPSA) is 89.9 Å². The summed E-state index contributed by atoms with van der Waals surface area (Å²) in [7, 11) is 0. The summed E-state index contributed by atoms with van der Waals surface area (Å²) in [6.45, 7) is 1.63. The molecular formula is C10H14N2O4. The molecule has 3 atom stereocenters. The van der Waals surface area contributed by atoms with Gasteiger partial charge in [0.25, 0.3) is 0 Å². The number of terminal acetylenes is 1. The van der Waals surface area contributed by atoms with Gasteiger partial charge in [0, 0.05) is 13.0 Å². The molecule has 1 aliphatic rings. The van der Waals surface area contributed by atoms with E-state index < -0.39 is 30.2 Å². The van der Waals surface area contributed by atoms with Crippen molar-refractivity contribution >= 4 is 12.0 Å². The van der Waals surface area contributed by atoms with Crippen molar-refractivity contribution in [1.29, 1.82) is 0 Å². The fraction of sp³-hybridized carbons (Fsp3) is 0.600. The summed E-state index contributed by atoms with van der Waals surface area (Å²) in [4.78, 5) is 23.5. The summed E-state index contributed by atoms with van der Waals surface area (Å²) >= 11 is 0. The van der Waals surface area contributed by atoms with Crippen molar-refractivity contribution in [2.45, 2.75) is 31.5 Å². The Morgan fingerprint density at radius 2 is 2.25 bits per heavy atom. The highest BCUT2D eigenvalue weighted by Crippen LogP contribution is 2.18. The van der Waals surface area contributed by atoms with Crippen LogP contribution in [0.25, 0.3) is 0 Å². The minimum atomic E-state index is -1.12. The fourth-order valence-corrected chi connectivity index (χ4v) is 1.58. The van der Waals surface area contributed by atoms with Gasteiger partial charge in [0.05, 0.1) is 12.1 Å². The lowest BCUT2D eigenvalue weighted by molar-refractivity contribution is -0.141. The van der Waals surface area contributed by atoms with Gasteiger partial charge in [0.15, 0.2) is 0 Å². The molecule has 0 saturated carbocycles. The number of β-amino-alcohol motifs (C(OH)–C–C–N with tert-alkyl or cyclic N) is 1. The van der Waals surface area contributed by atoms with E-state index in [-0.39, 0.29) is 13.0 Å². The Hall–Kier alpha value is -1.74. The number of nitrogens with zero attached hydrogens (tertiary/aromatic N) is 1. The van der Waals surface area contributed by atoms with Crippen LogP contribution in [-0.2, 0) is 4.79 Å². The highest BCUT2D eigenvalue weighted by atomic mass is 16.4. The van der Waals surface area contributed by atoms with Crippen LogP contribution in [0, 0.1) is 12.3 Å². The summed E-state index contributed by atoms with van der Waals surface area (Å²) in [6, 6.07) is -2.02. The molecule has 0 spiro atoms. The molecule has 0 aliphatic carbocycles. The molecule has 16 heavy (non-hydrogen) atoms. The van der Waals surface area contributed by atoms with E-state index in [9.17, 15) is 14.7 Å². The van der Waals surface area contributed by atoms with Gasteiger partial charge in [-0.1, -0.05) is 5.92 Å². The van der Waals surface area contributed by atoms with Gasteiger partial charge in [-0.25, -0.2) is 9.59 Å². The zero-order valence-corrected chi connectivity index (χ0v) is 8.88. The number of aliphatic carboxylic acids is 1. The van der Waals surface area contributed by atoms with E-state index in [2.05, 4.69) is 11.2 Å². The molecule has 0 radical (unpaired) electrons. The predicted molar refractivity (Wildman–Crippen MR) is 55.6 cm³/mol. The van der Waals surface area contributed by atoms with Crippen molar-refractivity contribution in [2.24, 2.45) is 0 Å². The monoisotopic (exact) mass is 226 g/mol. The van der Waals surface area contributed by atoms with Crippen LogP contribution < -0.4 is 5.32 Å². The van der Waals surface area contributed by atoms with Crippen LogP contribution in [-0.4, -0.2) is 51.8 Å². The van der Waals surface area contributed by atoms with Crippen molar-refractivity contribution in [3.8, 4) is 12.3 Å². The van der Waals surface area contributed by atoms with Crippen molar-refractivity contribution in [1.82, 2.24) is 10.2 Å². The van der Waals surface area contributed by atoms with E-state index in [4.69, 9.17) is 11.5 Å². The van der Waals surface area contributed by atoms with Crippen LogP contribution in [0.3, 0.4) is 0 Å². The second-order valence-corrected chi connectivity index (χ2v) is 3.73. The number of carbonyl (C=O) groups is 2. The number of aliphatic hydroxyl groups excluding tert-OH is 1. The number of nitrogens with one attached hydrogen (secondary N) is 1. The fourth-order valence-electron chi connectivity index (χ4n) is 1.58. The highest BCUT2D eigenvalue weighted by molar-refractivity contribution is 5.83. The lowest BCUT2D eigenvalue weighted by Crippen LogP contribution is -2.48. The number of hydrogen-bond acceptors (Lipinski definition) is 3. The van der Waals surface area contributed by atoms with Crippen LogP contribution in [0.2, 0.25) is 0 Å². The molecular weight excluding hydrogens is 212 g/mol. The Kier molecular flexibility index (Phi) is 3.74. The number of rotatable bonds is 2. The molecule has 1 fully saturated rings. The lowest BCUT2D eigenvalue weighted by atomic mass is 10.2. The molecule has 0 aromatic rings. The first-order chi connectivity index (χ1) is 7.45. The van der Waals surface area contributed by atoms with E-state index in [0.717, 1.165) is 4.90 Å². The molecule has 1 aliphatic heterocycles. The number of carbonyl (C=O) groups excluding carboxylic acids is 1. The third-order valence-electron chi connectivity index (χ3n) is 2.41. The van der Waals surface area contributed by atoms with E-state index in [0.29, 0.717) is 0 Å². The lowest BCUT2D eigenvalue weighted by Gasteiger charge is -2.22. The summed E-state index contributed by atoms with van der Waals surface area (Å²) in [5.74, 6) is 1.18. The number of aliphatic hydroxyl groups is 1. The standard InChI is InChI=1S/C10H14N2O4/c1-3-6(2)11-10(16)12-5-7(13)4-8(12)9(14)15/h1,6-8,13H,4-5H2,2H3,(H,11,16)(H,14,15)/t6?,7-,8+/m1/s1. The maximum atomic E-state index is 11.6. The van der Waals surface area contributed by atoms with Gasteiger partial charge in [-0.05, 0) is 6.92 Å². The second-order valence-electron chi connectivity index (χ2n) is 3.73. The summed E-state index contributed by atoms with van der Waals surface area (Å²) in [5.41, 5.74) is 0. The molecule has 1 saturated heterocycles. The van der Waals surface area contributed by atoms with E-state index >= 15 is 0 Å². The normalized spacial score (nSPS) is 25.9. The van der Waals surface area contributed by atoms with Crippen molar-refractivity contribution < 1.29 is 19.8 Å². The molecule has 0 aromatic heterocycles. The molecule has 88 valence electrons. The van der Waals surface area contributed by atoms with Gasteiger partial charge in [0.2, 0.25) is 0 Å². The number of carboxylic acids is 1. The first-order valence-electron chi connectivity index (χ1n) is 4.89. The molecule has 6 nitrogen and oxygen atoms in total. The predicted octanol–water partition coefficient (Wildman–Crippen LogP) is -0.762. The van der Waals surface area contributed by atoms with E-state index in [1.807, 2.05) is 0 Å². The smallest absolute Gasteiger partial charge is 0.326 e. The Morgan fingerprint density at radius 3 is 2.75 bits per heavy atom. The number of amides is 2. The Morgan fingerprint density at radius 1 is 1.62 bits per heavy atom. The molecule has 2 amide bonds. The van der Waals surface area contributed by atoms with E-state index in [1.54, 1.807) is 6.92 Å². The Balaban J connectivity index is 2.68. The number of likely N-dealkylation sites (tertiary alicyclic amines) is 1. The maximum absolute atomic E-state index is 11.6. The van der Waals surface area contributed by atoms with Gasteiger partial charge in [-0.3, -0.25) is 0 Å². The molecule has 1 unspecified atom stereocenters. The SMILES string of the molecule is C#CC(C)NC(=O)N1C[C@H](O)C[C@H]1C(=O)O. The quantitative estimate of drug-likeness (QED) is 0.540.